The van der Waals surface area contributed by atoms with E-state index in [0.29, 0.717) is 24.4 Å². The number of hydrogen-bond donors (Lipinski definition) is 2. The molecule has 2 saturated heterocycles. The third-order valence-corrected chi connectivity index (χ3v) is 4.47. The van der Waals surface area contributed by atoms with Crippen LogP contribution in [0, 0.1) is 5.92 Å². The molecule has 0 radical (unpaired) electrons. The maximum Gasteiger partial charge on any atom is 0.441 e. The normalized spacial score (nSPS) is 30.4. The van der Waals surface area contributed by atoms with Gasteiger partial charge in [0.05, 0.1) is 0 Å². The van der Waals surface area contributed by atoms with E-state index in [2.05, 4.69) is 10.6 Å². The van der Waals surface area contributed by atoms with Crippen LogP contribution < -0.4 is 10.6 Å². The van der Waals surface area contributed by atoms with Crippen LogP contribution in [0.15, 0.2) is 0 Å². The van der Waals surface area contributed by atoms with Crippen LogP contribution in [0.5, 0.6) is 0 Å². The van der Waals surface area contributed by atoms with Gasteiger partial charge in [-0.1, -0.05) is 0 Å². The van der Waals surface area contributed by atoms with Gasteiger partial charge in [-0.15, -0.1) is 0 Å². The first kappa shape index (κ1) is 15.0. The largest absolute Gasteiger partial charge is 0.441 e. The van der Waals surface area contributed by atoms with Crippen molar-refractivity contribution in [2.75, 3.05) is 12.3 Å². The van der Waals surface area contributed by atoms with Crippen molar-refractivity contribution in [2.45, 2.75) is 49.7 Å². The van der Waals surface area contributed by atoms with Gasteiger partial charge in [0, 0.05) is 30.8 Å². The average Bonchev–Trinajstić information content (AvgIpc) is 2.63. The first-order valence-electron chi connectivity index (χ1n) is 6.66. The first-order chi connectivity index (χ1) is 8.92. The van der Waals surface area contributed by atoms with Crippen molar-refractivity contribution < 1.29 is 18.0 Å². The zero-order valence-electron chi connectivity index (χ0n) is 10.6. The molecule has 2 aliphatic rings. The molecule has 0 aliphatic carbocycles. The van der Waals surface area contributed by atoms with Crippen molar-refractivity contribution in [3.05, 3.63) is 0 Å². The molecule has 0 saturated carbocycles. The number of fused-ring (bicyclic) bond motifs is 2. The Labute approximate surface area is 115 Å². The molecule has 110 valence electrons. The molecule has 0 aromatic rings. The van der Waals surface area contributed by atoms with Crippen molar-refractivity contribution in [3.63, 3.8) is 0 Å². The second-order valence-electron chi connectivity index (χ2n) is 5.32. The number of nitrogens with one attached hydrogen (secondary N) is 2. The molecule has 7 heteroatoms. The second-order valence-corrected chi connectivity index (χ2v) is 6.48. The topological polar surface area (TPSA) is 41.1 Å². The van der Waals surface area contributed by atoms with Crippen LogP contribution in [0.2, 0.25) is 0 Å². The van der Waals surface area contributed by atoms with E-state index in [4.69, 9.17) is 0 Å². The summed E-state index contributed by atoms with van der Waals surface area (Å²) in [5.41, 5.74) is -4.21. The Morgan fingerprint density at radius 2 is 1.89 bits per heavy atom. The quantitative estimate of drug-likeness (QED) is 0.765. The summed E-state index contributed by atoms with van der Waals surface area (Å²) in [4.78, 5) is 11.6. The van der Waals surface area contributed by atoms with E-state index in [0.717, 1.165) is 12.8 Å². The van der Waals surface area contributed by atoms with Gasteiger partial charge < -0.3 is 10.6 Å². The zero-order chi connectivity index (χ0) is 13.9. The highest BCUT2D eigenvalue weighted by molar-refractivity contribution is 8.00. The molecule has 2 rings (SSSR count). The number of carbonyl (C=O) groups excluding carboxylic acids is 1. The fourth-order valence-electron chi connectivity index (χ4n) is 3.03. The summed E-state index contributed by atoms with van der Waals surface area (Å²) >= 11 is -0.0923. The third-order valence-electron chi connectivity index (χ3n) is 3.73. The summed E-state index contributed by atoms with van der Waals surface area (Å²) in [7, 11) is 0. The summed E-state index contributed by atoms with van der Waals surface area (Å²) in [5.74, 6) is 0.148. The second kappa shape index (κ2) is 6.35. The van der Waals surface area contributed by atoms with Crippen molar-refractivity contribution >= 4 is 17.7 Å². The van der Waals surface area contributed by atoms with E-state index in [1.54, 1.807) is 0 Å². The predicted octanol–water partition coefficient (Wildman–Crippen LogP) is 2.28. The Hall–Kier alpha value is -0.430. The third kappa shape index (κ3) is 5.22. The zero-order valence-corrected chi connectivity index (χ0v) is 11.4. The van der Waals surface area contributed by atoms with Crippen LogP contribution in [0.1, 0.15) is 32.1 Å². The Bertz CT molecular complexity index is 313. The van der Waals surface area contributed by atoms with Crippen molar-refractivity contribution in [2.24, 2.45) is 5.92 Å². The van der Waals surface area contributed by atoms with Crippen LogP contribution >= 0.6 is 11.8 Å². The fraction of sp³-hybridized carbons (Fsp3) is 0.917. The van der Waals surface area contributed by atoms with E-state index in [-0.39, 0.29) is 30.0 Å². The molecule has 2 bridgehead atoms. The van der Waals surface area contributed by atoms with Gasteiger partial charge in [0.25, 0.3) is 0 Å². The van der Waals surface area contributed by atoms with Gasteiger partial charge in [0.15, 0.2) is 0 Å². The Morgan fingerprint density at radius 1 is 1.26 bits per heavy atom. The Morgan fingerprint density at radius 3 is 2.47 bits per heavy atom. The van der Waals surface area contributed by atoms with E-state index in [9.17, 15) is 18.0 Å². The van der Waals surface area contributed by atoms with Gasteiger partial charge in [-0.25, -0.2) is 0 Å². The van der Waals surface area contributed by atoms with Crippen molar-refractivity contribution in [1.29, 1.82) is 0 Å². The molecule has 1 amide bonds. The summed E-state index contributed by atoms with van der Waals surface area (Å²) in [6.07, 6.45) is 4.85. The Kier molecular flexibility index (Phi) is 5.00. The maximum atomic E-state index is 11.9. The molecule has 0 aromatic heterocycles. The number of piperidine rings is 1. The molecule has 2 heterocycles. The minimum Gasteiger partial charge on any atom is -0.355 e. The van der Waals surface area contributed by atoms with E-state index >= 15 is 0 Å². The highest BCUT2D eigenvalue weighted by atomic mass is 32.2. The molecular weight excluding hydrogens is 277 g/mol. The lowest BCUT2D eigenvalue weighted by molar-refractivity contribution is -0.122. The minimum absolute atomic E-state index is 0.0842. The summed E-state index contributed by atoms with van der Waals surface area (Å²) in [6.45, 7) is 0.0842. The van der Waals surface area contributed by atoms with Gasteiger partial charge in [-0.3, -0.25) is 4.79 Å². The van der Waals surface area contributed by atoms with Crippen LogP contribution in [0.25, 0.3) is 0 Å². The highest BCUT2D eigenvalue weighted by Gasteiger charge is 2.34. The number of halogens is 3. The summed E-state index contributed by atoms with van der Waals surface area (Å²) in [6, 6.07) is 1.08. The number of alkyl halides is 3. The summed E-state index contributed by atoms with van der Waals surface area (Å²) in [5, 5.41) is 6.07. The standard InChI is InChI=1S/C12H19F3N2OS/c13-12(14,15)19-4-3-16-11(18)7-8-5-9-1-2-10(6-8)17-9/h8-10,17H,1-7H2,(H,16,18). The van der Waals surface area contributed by atoms with E-state index < -0.39 is 5.51 Å². The molecule has 0 aromatic carbocycles. The molecule has 2 aliphatic heterocycles. The first-order valence-corrected chi connectivity index (χ1v) is 7.64. The molecule has 0 spiro atoms. The van der Waals surface area contributed by atoms with Crippen molar-refractivity contribution in [3.8, 4) is 0 Å². The lowest BCUT2D eigenvalue weighted by atomic mass is 9.89. The van der Waals surface area contributed by atoms with E-state index in [1.807, 2.05) is 0 Å². The van der Waals surface area contributed by atoms with Gasteiger partial charge in [0.1, 0.15) is 0 Å². The number of rotatable bonds is 5. The molecule has 2 N–H and O–H groups in total. The monoisotopic (exact) mass is 296 g/mol. The maximum absolute atomic E-state index is 11.9. The lowest BCUT2D eigenvalue weighted by Crippen LogP contribution is -2.40. The molecule has 3 nitrogen and oxygen atoms in total. The lowest BCUT2D eigenvalue weighted by Gasteiger charge is -2.28. The molecule has 2 fully saturated rings. The van der Waals surface area contributed by atoms with Crippen molar-refractivity contribution in [1.82, 2.24) is 10.6 Å². The van der Waals surface area contributed by atoms with Gasteiger partial charge in [-0.05, 0) is 43.4 Å². The van der Waals surface area contributed by atoms with Gasteiger partial charge in [0.2, 0.25) is 5.91 Å². The van der Waals surface area contributed by atoms with E-state index in [1.165, 1.54) is 12.8 Å². The van der Waals surface area contributed by atoms with Crippen LogP contribution in [0.4, 0.5) is 13.2 Å². The average molecular weight is 296 g/mol. The smallest absolute Gasteiger partial charge is 0.355 e. The Balaban J connectivity index is 1.59. The van der Waals surface area contributed by atoms with Crippen LogP contribution in [-0.4, -0.2) is 35.8 Å². The van der Waals surface area contributed by atoms with Crippen LogP contribution in [-0.2, 0) is 4.79 Å². The van der Waals surface area contributed by atoms with Gasteiger partial charge >= 0.3 is 5.51 Å². The molecule has 19 heavy (non-hydrogen) atoms. The van der Waals surface area contributed by atoms with Crippen LogP contribution in [0.3, 0.4) is 0 Å². The number of hydrogen-bond acceptors (Lipinski definition) is 3. The molecule has 2 atom stereocenters. The minimum atomic E-state index is -4.21. The molecular formula is C12H19F3N2OS. The predicted molar refractivity (Wildman–Crippen MR) is 68.8 cm³/mol. The summed E-state index contributed by atoms with van der Waals surface area (Å²) < 4.78 is 35.7. The number of amides is 1. The number of carbonyl (C=O) groups is 1. The SMILES string of the molecule is O=C(CC1CC2CCC(C1)N2)NCCSC(F)(F)F. The van der Waals surface area contributed by atoms with Gasteiger partial charge in [-0.2, -0.15) is 13.2 Å². The number of thioether (sulfide) groups is 1. The molecule has 2 unspecified atom stereocenters. The fourth-order valence-corrected chi connectivity index (χ4v) is 3.47. The highest BCUT2D eigenvalue weighted by Crippen LogP contribution is 2.32.